The minimum Gasteiger partial charge on any atom is -0.370 e. The molecule has 1 fully saturated rings. The van der Waals surface area contributed by atoms with Gasteiger partial charge in [-0.05, 0) is 29.8 Å². The van der Waals surface area contributed by atoms with E-state index in [0.717, 1.165) is 55.4 Å². The van der Waals surface area contributed by atoms with Crippen LogP contribution < -0.4 is 15.1 Å². The minimum atomic E-state index is -0.0604. The summed E-state index contributed by atoms with van der Waals surface area (Å²) in [7, 11) is 0. The SMILES string of the molecule is O=C(NCCC[NH+]1CCOCC1)c1cccc(CN2C(=O)CSc3ccccc32)c1. The van der Waals surface area contributed by atoms with E-state index in [9.17, 15) is 9.59 Å². The third-order valence-corrected chi connectivity index (χ3v) is 6.58. The van der Waals surface area contributed by atoms with Gasteiger partial charge in [-0.15, -0.1) is 11.8 Å². The highest BCUT2D eigenvalue weighted by Crippen LogP contribution is 2.35. The number of benzene rings is 2. The Balaban J connectivity index is 1.33. The zero-order valence-corrected chi connectivity index (χ0v) is 17.9. The van der Waals surface area contributed by atoms with Crippen molar-refractivity contribution >= 4 is 29.3 Å². The molecule has 7 heteroatoms. The number of carbonyl (C=O) groups excluding carboxylic acids is 2. The molecular weight excluding hydrogens is 398 g/mol. The topological polar surface area (TPSA) is 63.1 Å². The van der Waals surface area contributed by atoms with Crippen LogP contribution in [0.15, 0.2) is 53.4 Å². The van der Waals surface area contributed by atoms with Crippen LogP contribution in [0.25, 0.3) is 0 Å². The van der Waals surface area contributed by atoms with E-state index < -0.39 is 0 Å². The van der Waals surface area contributed by atoms with Crippen molar-refractivity contribution in [3.05, 3.63) is 59.7 Å². The van der Waals surface area contributed by atoms with Gasteiger partial charge in [0.25, 0.3) is 5.91 Å². The fraction of sp³-hybridized carbons (Fsp3) is 0.391. The second-order valence-electron chi connectivity index (χ2n) is 7.66. The largest absolute Gasteiger partial charge is 0.370 e. The van der Waals surface area contributed by atoms with Crippen LogP contribution in [0, 0.1) is 0 Å². The predicted molar refractivity (Wildman–Crippen MR) is 118 cm³/mol. The standard InChI is InChI=1S/C23H27N3O3S/c27-22-17-30-21-8-2-1-7-20(21)26(22)16-18-5-3-6-19(15-18)23(28)24-9-4-10-25-11-13-29-14-12-25/h1-3,5-8,15H,4,9-14,16-17H2,(H,24,28)/p+1. The number of morpholine rings is 1. The molecule has 0 atom stereocenters. The van der Waals surface area contributed by atoms with Crippen molar-refractivity contribution in [1.82, 2.24) is 5.32 Å². The van der Waals surface area contributed by atoms with Gasteiger partial charge in [-0.25, -0.2) is 0 Å². The van der Waals surface area contributed by atoms with Gasteiger partial charge in [0.15, 0.2) is 0 Å². The van der Waals surface area contributed by atoms with Crippen LogP contribution in [0.5, 0.6) is 0 Å². The first-order valence-corrected chi connectivity index (χ1v) is 11.5. The van der Waals surface area contributed by atoms with E-state index in [1.165, 1.54) is 0 Å². The molecule has 2 aliphatic rings. The number of nitrogens with one attached hydrogen (secondary N) is 2. The first kappa shape index (κ1) is 20.9. The first-order chi connectivity index (χ1) is 14.7. The van der Waals surface area contributed by atoms with Crippen molar-refractivity contribution in [3.63, 3.8) is 0 Å². The second-order valence-corrected chi connectivity index (χ2v) is 8.68. The lowest BCUT2D eigenvalue weighted by Gasteiger charge is -2.29. The van der Waals surface area contributed by atoms with Gasteiger partial charge in [0, 0.05) is 23.4 Å². The lowest BCUT2D eigenvalue weighted by Crippen LogP contribution is -3.14. The summed E-state index contributed by atoms with van der Waals surface area (Å²) in [5, 5.41) is 3.03. The Bertz CT molecular complexity index is 899. The monoisotopic (exact) mass is 426 g/mol. The molecule has 2 amide bonds. The summed E-state index contributed by atoms with van der Waals surface area (Å²) in [5.41, 5.74) is 2.54. The number of nitrogens with zero attached hydrogens (tertiary/aromatic N) is 1. The van der Waals surface area contributed by atoms with Gasteiger partial charge < -0.3 is 19.9 Å². The Labute approximate surface area is 181 Å². The zero-order chi connectivity index (χ0) is 20.8. The second kappa shape index (κ2) is 10.1. The van der Waals surface area contributed by atoms with E-state index in [1.54, 1.807) is 16.7 Å². The molecule has 0 unspecified atom stereocenters. The van der Waals surface area contributed by atoms with Crippen molar-refractivity contribution in [2.24, 2.45) is 0 Å². The van der Waals surface area contributed by atoms with Gasteiger partial charge in [0.1, 0.15) is 13.1 Å². The molecule has 0 aromatic heterocycles. The maximum absolute atomic E-state index is 12.6. The predicted octanol–water partition coefficient (Wildman–Crippen LogP) is 1.36. The zero-order valence-electron chi connectivity index (χ0n) is 17.1. The number of anilines is 1. The van der Waals surface area contributed by atoms with Crippen LogP contribution in [0.1, 0.15) is 22.3 Å². The Morgan fingerprint density at radius 1 is 1.13 bits per heavy atom. The number of hydrogen-bond donors (Lipinski definition) is 2. The van der Waals surface area contributed by atoms with Crippen LogP contribution in [0.4, 0.5) is 5.69 Å². The highest BCUT2D eigenvalue weighted by Gasteiger charge is 2.24. The average Bonchev–Trinajstić information content (AvgIpc) is 2.79. The summed E-state index contributed by atoms with van der Waals surface area (Å²) in [6.45, 7) is 5.95. The van der Waals surface area contributed by atoms with Crippen LogP contribution in [0.2, 0.25) is 0 Å². The molecule has 0 spiro atoms. The summed E-state index contributed by atoms with van der Waals surface area (Å²) in [6, 6.07) is 15.5. The van der Waals surface area contributed by atoms with E-state index in [4.69, 9.17) is 4.74 Å². The molecule has 0 aliphatic carbocycles. The van der Waals surface area contributed by atoms with Gasteiger partial charge in [-0.2, -0.15) is 0 Å². The molecule has 2 aromatic carbocycles. The number of amides is 2. The fourth-order valence-corrected chi connectivity index (χ4v) is 4.81. The molecule has 30 heavy (non-hydrogen) atoms. The highest BCUT2D eigenvalue weighted by molar-refractivity contribution is 8.00. The van der Waals surface area contributed by atoms with Crippen molar-refractivity contribution in [1.29, 1.82) is 0 Å². The molecule has 0 radical (unpaired) electrons. The van der Waals surface area contributed by atoms with Gasteiger partial charge in [-0.3, -0.25) is 9.59 Å². The summed E-state index contributed by atoms with van der Waals surface area (Å²) < 4.78 is 5.38. The number of fused-ring (bicyclic) bond motifs is 1. The molecule has 4 rings (SSSR count). The molecule has 2 heterocycles. The third kappa shape index (κ3) is 5.22. The Morgan fingerprint density at radius 3 is 2.83 bits per heavy atom. The number of hydrogen-bond acceptors (Lipinski definition) is 4. The van der Waals surface area contributed by atoms with Gasteiger partial charge in [0.2, 0.25) is 5.91 Å². The lowest BCUT2D eigenvalue weighted by molar-refractivity contribution is -0.908. The quantitative estimate of drug-likeness (QED) is 0.657. The summed E-state index contributed by atoms with van der Waals surface area (Å²) in [4.78, 5) is 29.6. The smallest absolute Gasteiger partial charge is 0.251 e. The molecule has 1 saturated heterocycles. The summed E-state index contributed by atoms with van der Waals surface area (Å²) in [5.74, 6) is 0.483. The summed E-state index contributed by atoms with van der Waals surface area (Å²) in [6.07, 6.45) is 0.956. The molecular formula is C23H28N3O3S+. The van der Waals surface area contributed by atoms with Crippen LogP contribution >= 0.6 is 11.8 Å². The number of para-hydroxylation sites is 1. The van der Waals surface area contributed by atoms with Gasteiger partial charge in [-0.1, -0.05) is 24.3 Å². The Hall–Kier alpha value is -2.35. The maximum Gasteiger partial charge on any atom is 0.251 e. The molecule has 2 aliphatic heterocycles. The number of quaternary nitrogens is 1. The van der Waals surface area contributed by atoms with Gasteiger partial charge in [0.05, 0.1) is 37.7 Å². The van der Waals surface area contributed by atoms with Crippen molar-refractivity contribution in [2.75, 3.05) is 50.0 Å². The van der Waals surface area contributed by atoms with E-state index >= 15 is 0 Å². The molecule has 2 aromatic rings. The van der Waals surface area contributed by atoms with Crippen LogP contribution in [0.3, 0.4) is 0 Å². The minimum absolute atomic E-state index is 0.0604. The van der Waals surface area contributed by atoms with Gasteiger partial charge >= 0.3 is 0 Å². The number of rotatable bonds is 7. The normalized spacial score (nSPS) is 16.9. The number of carbonyl (C=O) groups is 2. The van der Waals surface area contributed by atoms with Crippen LogP contribution in [-0.4, -0.2) is 57.0 Å². The van der Waals surface area contributed by atoms with Crippen LogP contribution in [-0.2, 0) is 16.1 Å². The lowest BCUT2D eigenvalue weighted by atomic mass is 10.1. The van der Waals surface area contributed by atoms with Crippen molar-refractivity contribution in [2.45, 2.75) is 17.9 Å². The van der Waals surface area contributed by atoms with E-state index in [0.29, 0.717) is 24.4 Å². The number of ether oxygens (including phenoxy) is 1. The van der Waals surface area contributed by atoms with E-state index in [-0.39, 0.29) is 11.8 Å². The first-order valence-electron chi connectivity index (χ1n) is 10.5. The maximum atomic E-state index is 12.6. The Kier molecular flexibility index (Phi) is 7.04. The van der Waals surface area contributed by atoms with Crippen molar-refractivity contribution in [3.8, 4) is 0 Å². The average molecular weight is 427 g/mol. The highest BCUT2D eigenvalue weighted by atomic mass is 32.2. The molecule has 158 valence electrons. The number of thioether (sulfide) groups is 1. The molecule has 0 saturated carbocycles. The molecule has 2 N–H and O–H groups in total. The molecule has 0 bridgehead atoms. The van der Waals surface area contributed by atoms with E-state index in [1.807, 2.05) is 53.4 Å². The fourth-order valence-electron chi connectivity index (χ4n) is 3.87. The Morgan fingerprint density at radius 2 is 1.97 bits per heavy atom. The van der Waals surface area contributed by atoms with Crippen molar-refractivity contribution < 1.29 is 19.2 Å². The van der Waals surface area contributed by atoms with E-state index in [2.05, 4.69) is 5.32 Å². The molecule has 6 nitrogen and oxygen atoms in total. The summed E-state index contributed by atoms with van der Waals surface area (Å²) >= 11 is 1.58. The third-order valence-electron chi connectivity index (χ3n) is 5.53.